The Morgan fingerprint density at radius 3 is 2.30 bits per heavy atom. The number of hydrogen-bond acceptors (Lipinski definition) is 2. The van der Waals surface area contributed by atoms with Crippen LogP contribution in [0.5, 0.6) is 0 Å². The van der Waals surface area contributed by atoms with Crippen LogP contribution in [0.4, 0.5) is 0 Å². The summed E-state index contributed by atoms with van der Waals surface area (Å²) in [6, 6.07) is 18.3. The first kappa shape index (κ1) is 12.9. The predicted octanol–water partition coefficient (Wildman–Crippen LogP) is 5.06. The van der Waals surface area contributed by atoms with Crippen molar-refractivity contribution in [3.05, 3.63) is 65.9 Å². The van der Waals surface area contributed by atoms with Crippen LogP contribution in [-0.4, -0.2) is 5.16 Å². The van der Waals surface area contributed by atoms with E-state index in [2.05, 4.69) is 36.3 Å². The van der Waals surface area contributed by atoms with Crippen LogP contribution in [0.3, 0.4) is 0 Å². The van der Waals surface area contributed by atoms with Crippen molar-refractivity contribution in [2.45, 2.75) is 12.8 Å². The van der Waals surface area contributed by atoms with Crippen molar-refractivity contribution in [3.8, 4) is 22.5 Å². The Balaban J connectivity index is 2.18. The Bertz CT molecular complexity index is 702. The van der Waals surface area contributed by atoms with Crippen LogP contribution in [-0.2, 0) is 5.88 Å². The monoisotopic (exact) mass is 283 g/mol. The highest BCUT2D eigenvalue weighted by molar-refractivity contribution is 6.17. The third-order valence-corrected chi connectivity index (χ3v) is 3.52. The minimum Gasteiger partial charge on any atom is -0.355 e. The number of aryl methyl sites for hydroxylation is 1. The fourth-order valence-corrected chi connectivity index (χ4v) is 2.40. The quantitative estimate of drug-likeness (QED) is 0.628. The number of rotatable bonds is 3. The Kier molecular flexibility index (Phi) is 3.57. The van der Waals surface area contributed by atoms with Gasteiger partial charge in [-0.25, -0.2) is 0 Å². The van der Waals surface area contributed by atoms with Crippen molar-refractivity contribution in [2.24, 2.45) is 0 Å². The summed E-state index contributed by atoms with van der Waals surface area (Å²) >= 11 is 5.99. The van der Waals surface area contributed by atoms with E-state index in [4.69, 9.17) is 16.1 Å². The molecule has 20 heavy (non-hydrogen) atoms. The zero-order chi connectivity index (χ0) is 13.9. The van der Waals surface area contributed by atoms with Gasteiger partial charge in [0.2, 0.25) is 0 Å². The number of benzene rings is 2. The number of hydrogen-bond donors (Lipinski definition) is 0. The molecule has 2 nitrogen and oxygen atoms in total. The Morgan fingerprint density at radius 1 is 0.950 bits per heavy atom. The van der Waals surface area contributed by atoms with Crippen molar-refractivity contribution in [2.75, 3.05) is 0 Å². The van der Waals surface area contributed by atoms with Gasteiger partial charge in [0.1, 0.15) is 5.69 Å². The summed E-state index contributed by atoms with van der Waals surface area (Å²) in [4.78, 5) is 0. The van der Waals surface area contributed by atoms with E-state index >= 15 is 0 Å². The summed E-state index contributed by atoms with van der Waals surface area (Å²) in [6.07, 6.45) is 0. The maximum absolute atomic E-state index is 5.99. The van der Waals surface area contributed by atoms with E-state index in [0.29, 0.717) is 5.88 Å². The molecule has 0 aliphatic heterocycles. The SMILES string of the molecule is Cc1ccc(-c2c(CCl)noc2-c2ccccc2)cc1. The lowest BCUT2D eigenvalue weighted by Crippen LogP contribution is -1.86. The van der Waals surface area contributed by atoms with Gasteiger partial charge in [-0.15, -0.1) is 11.6 Å². The second kappa shape index (κ2) is 5.51. The summed E-state index contributed by atoms with van der Waals surface area (Å²) in [7, 11) is 0. The van der Waals surface area contributed by atoms with Gasteiger partial charge >= 0.3 is 0 Å². The highest BCUT2D eigenvalue weighted by Gasteiger charge is 2.18. The summed E-state index contributed by atoms with van der Waals surface area (Å²) in [6.45, 7) is 2.07. The maximum atomic E-state index is 5.99. The average molecular weight is 284 g/mol. The molecule has 2 aromatic carbocycles. The van der Waals surface area contributed by atoms with Crippen LogP contribution in [0.2, 0.25) is 0 Å². The zero-order valence-electron chi connectivity index (χ0n) is 11.1. The third-order valence-electron chi connectivity index (χ3n) is 3.27. The van der Waals surface area contributed by atoms with Crippen molar-refractivity contribution in [1.29, 1.82) is 0 Å². The van der Waals surface area contributed by atoms with Gasteiger partial charge in [0.05, 0.1) is 11.4 Å². The standard InChI is InChI=1S/C17H14ClNO/c1-12-7-9-13(10-8-12)16-15(11-18)19-20-17(16)14-5-3-2-4-6-14/h2-10H,11H2,1H3. The first-order valence-electron chi connectivity index (χ1n) is 6.46. The molecule has 1 heterocycles. The molecule has 0 N–H and O–H groups in total. The van der Waals surface area contributed by atoms with Gasteiger partial charge in [-0.1, -0.05) is 65.3 Å². The number of alkyl halides is 1. The molecule has 0 spiro atoms. The largest absolute Gasteiger partial charge is 0.355 e. The van der Waals surface area contributed by atoms with E-state index < -0.39 is 0 Å². The maximum Gasteiger partial charge on any atom is 0.174 e. The first-order valence-corrected chi connectivity index (χ1v) is 7.00. The number of halogens is 1. The molecular weight excluding hydrogens is 270 g/mol. The van der Waals surface area contributed by atoms with Gasteiger partial charge < -0.3 is 4.52 Å². The van der Waals surface area contributed by atoms with E-state index in [1.165, 1.54) is 5.56 Å². The van der Waals surface area contributed by atoms with E-state index in [1.54, 1.807) is 0 Å². The average Bonchev–Trinajstić information content (AvgIpc) is 2.93. The molecule has 0 unspecified atom stereocenters. The highest BCUT2D eigenvalue weighted by Crippen LogP contribution is 2.35. The second-order valence-corrected chi connectivity index (χ2v) is 4.97. The van der Waals surface area contributed by atoms with Gasteiger partial charge in [-0.05, 0) is 12.5 Å². The molecule has 3 aromatic rings. The topological polar surface area (TPSA) is 26.0 Å². The van der Waals surface area contributed by atoms with Gasteiger partial charge in [0, 0.05) is 5.56 Å². The highest BCUT2D eigenvalue weighted by atomic mass is 35.5. The summed E-state index contributed by atoms with van der Waals surface area (Å²) in [5.41, 5.74) is 5.05. The third kappa shape index (κ3) is 2.35. The van der Waals surface area contributed by atoms with Crippen LogP contribution in [0, 0.1) is 6.92 Å². The van der Waals surface area contributed by atoms with E-state index in [-0.39, 0.29) is 0 Å². The smallest absolute Gasteiger partial charge is 0.174 e. The van der Waals surface area contributed by atoms with Crippen LogP contribution in [0.25, 0.3) is 22.5 Å². The summed E-state index contributed by atoms with van der Waals surface area (Å²) in [5, 5.41) is 4.10. The van der Waals surface area contributed by atoms with Crippen LogP contribution < -0.4 is 0 Å². The molecule has 0 fully saturated rings. The van der Waals surface area contributed by atoms with Gasteiger partial charge in [-0.3, -0.25) is 0 Å². The molecule has 0 aliphatic carbocycles. The fraction of sp³-hybridized carbons (Fsp3) is 0.118. The van der Waals surface area contributed by atoms with Crippen LogP contribution in [0.1, 0.15) is 11.3 Å². The van der Waals surface area contributed by atoms with Gasteiger partial charge in [0.15, 0.2) is 5.76 Å². The molecule has 0 amide bonds. The number of aromatic nitrogens is 1. The van der Waals surface area contributed by atoms with E-state index in [0.717, 1.165) is 28.1 Å². The lowest BCUT2D eigenvalue weighted by Gasteiger charge is -2.04. The Hall–Kier alpha value is -2.06. The second-order valence-electron chi connectivity index (χ2n) is 4.70. The molecule has 0 atom stereocenters. The minimum absolute atomic E-state index is 0.333. The van der Waals surface area contributed by atoms with Crippen LogP contribution >= 0.6 is 11.6 Å². The van der Waals surface area contributed by atoms with Crippen LogP contribution in [0.15, 0.2) is 59.1 Å². The normalized spacial score (nSPS) is 10.7. The molecule has 0 saturated carbocycles. The minimum atomic E-state index is 0.333. The summed E-state index contributed by atoms with van der Waals surface area (Å²) < 4.78 is 5.52. The lowest BCUT2D eigenvalue weighted by molar-refractivity contribution is 0.426. The van der Waals surface area contributed by atoms with Crippen molar-refractivity contribution in [3.63, 3.8) is 0 Å². The molecular formula is C17H14ClNO. The van der Waals surface area contributed by atoms with E-state index in [1.807, 2.05) is 30.3 Å². The zero-order valence-corrected chi connectivity index (χ0v) is 11.9. The summed E-state index contributed by atoms with van der Waals surface area (Å²) in [5.74, 6) is 1.10. The molecule has 100 valence electrons. The fourth-order valence-electron chi connectivity index (χ4n) is 2.22. The molecule has 1 aromatic heterocycles. The van der Waals surface area contributed by atoms with Crippen molar-refractivity contribution in [1.82, 2.24) is 5.16 Å². The lowest BCUT2D eigenvalue weighted by atomic mass is 9.99. The molecule has 0 bridgehead atoms. The Labute approximate surface area is 123 Å². The van der Waals surface area contributed by atoms with Gasteiger partial charge in [-0.2, -0.15) is 0 Å². The number of nitrogens with zero attached hydrogens (tertiary/aromatic N) is 1. The predicted molar refractivity (Wildman–Crippen MR) is 81.7 cm³/mol. The molecule has 0 radical (unpaired) electrons. The first-order chi connectivity index (χ1) is 9.79. The Morgan fingerprint density at radius 2 is 1.65 bits per heavy atom. The molecule has 3 heteroatoms. The molecule has 0 saturated heterocycles. The van der Waals surface area contributed by atoms with Gasteiger partial charge in [0.25, 0.3) is 0 Å². The van der Waals surface area contributed by atoms with Crippen molar-refractivity contribution >= 4 is 11.6 Å². The van der Waals surface area contributed by atoms with E-state index in [9.17, 15) is 0 Å². The van der Waals surface area contributed by atoms with Crippen molar-refractivity contribution < 1.29 is 4.52 Å². The molecule has 0 aliphatic rings. The molecule has 3 rings (SSSR count).